The Morgan fingerprint density at radius 2 is 0.722 bits per heavy atom. The second-order valence-corrected chi connectivity index (χ2v) is 23.2. The van der Waals surface area contributed by atoms with Crippen molar-refractivity contribution in [1.82, 2.24) is 0 Å². The van der Waals surface area contributed by atoms with E-state index >= 15 is 0 Å². The average Bonchev–Trinajstić information content (AvgIpc) is 3.97. The van der Waals surface area contributed by atoms with E-state index in [1.54, 1.807) is 0 Å². The van der Waals surface area contributed by atoms with E-state index in [2.05, 4.69) is 259 Å². The van der Waals surface area contributed by atoms with E-state index in [-0.39, 0.29) is 21.7 Å². The molecular formula is C70H60N2. The predicted molar refractivity (Wildman–Crippen MR) is 304 cm³/mol. The molecule has 9 aromatic carbocycles. The van der Waals surface area contributed by atoms with Crippen molar-refractivity contribution in [2.75, 3.05) is 9.80 Å². The second kappa shape index (κ2) is 14.9. The molecule has 72 heavy (non-hydrogen) atoms. The van der Waals surface area contributed by atoms with Crippen molar-refractivity contribution in [3.8, 4) is 44.5 Å². The lowest BCUT2D eigenvalue weighted by Gasteiger charge is -2.33. The second-order valence-electron chi connectivity index (χ2n) is 23.2. The largest absolute Gasteiger partial charge is 0.314 e. The molecule has 0 aromatic heterocycles. The highest BCUT2D eigenvalue weighted by Gasteiger charge is 2.48. The highest BCUT2D eigenvalue weighted by atomic mass is 15.2. The SMILES string of the molecule is CC1(C)c2ccccc2-c2ccc(N(C3=CC=CCC3)c3ccc4c(c3)C(C)(C)c3c5c(c6ccccc6c3-4)-c3ccc(N(c4ccccc4)c4ccc6c(c4)C(C)(C)c4ccccc4-6)cc3C5(C)C)cc21. The third kappa shape index (κ3) is 5.78. The molecule has 0 amide bonds. The summed E-state index contributed by atoms with van der Waals surface area (Å²) in [5.41, 5.74) is 28.7. The minimum Gasteiger partial charge on any atom is -0.314 e. The predicted octanol–water partition coefficient (Wildman–Crippen LogP) is 18.9. The van der Waals surface area contributed by atoms with Crippen LogP contribution in [0.15, 0.2) is 200 Å². The fraction of sp³-hybridized carbons (Fsp3) is 0.200. The van der Waals surface area contributed by atoms with Crippen molar-refractivity contribution in [3.05, 3.63) is 244 Å². The lowest BCUT2D eigenvalue weighted by atomic mass is 9.71. The minimum absolute atomic E-state index is 0.0888. The smallest absolute Gasteiger partial charge is 0.0465 e. The van der Waals surface area contributed by atoms with Gasteiger partial charge in [-0.2, -0.15) is 0 Å². The summed E-state index contributed by atoms with van der Waals surface area (Å²) in [5, 5.41) is 2.67. The molecule has 0 unspecified atom stereocenters. The molecule has 5 aliphatic carbocycles. The average molecular weight is 929 g/mol. The van der Waals surface area contributed by atoms with E-state index < -0.39 is 0 Å². The van der Waals surface area contributed by atoms with Gasteiger partial charge in [-0.3, -0.25) is 0 Å². The summed E-state index contributed by atoms with van der Waals surface area (Å²) in [6, 6.07) is 67.2. The number of hydrogen-bond acceptors (Lipinski definition) is 2. The summed E-state index contributed by atoms with van der Waals surface area (Å²) in [6.07, 6.45) is 8.90. The van der Waals surface area contributed by atoms with Crippen LogP contribution in [0, 0.1) is 0 Å². The maximum atomic E-state index is 2.56. The first-order valence-corrected chi connectivity index (χ1v) is 26.2. The third-order valence-corrected chi connectivity index (χ3v) is 17.8. The van der Waals surface area contributed by atoms with Gasteiger partial charge in [0, 0.05) is 55.8 Å². The first-order valence-electron chi connectivity index (χ1n) is 26.2. The van der Waals surface area contributed by atoms with E-state index in [9.17, 15) is 0 Å². The van der Waals surface area contributed by atoms with Crippen LogP contribution in [-0.2, 0) is 21.7 Å². The Kier molecular flexibility index (Phi) is 8.95. The van der Waals surface area contributed by atoms with Crippen molar-refractivity contribution in [2.45, 2.75) is 89.9 Å². The Bertz CT molecular complexity index is 3870. The normalized spacial score (nSPS) is 17.0. The molecule has 2 heteroatoms. The van der Waals surface area contributed by atoms with Gasteiger partial charge >= 0.3 is 0 Å². The van der Waals surface area contributed by atoms with Crippen LogP contribution in [0.3, 0.4) is 0 Å². The topological polar surface area (TPSA) is 6.48 Å². The zero-order chi connectivity index (χ0) is 49.1. The number of para-hydroxylation sites is 1. The molecule has 0 radical (unpaired) electrons. The zero-order valence-electron chi connectivity index (χ0n) is 42.8. The van der Waals surface area contributed by atoms with E-state index in [0.29, 0.717) is 0 Å². The molecule has 2 nitrogen and oxygen atoms in total. The molecule has 0 saturated carbocycles. The number of rotatable bonds is 6. The molecule has 0 atom stereocenters. The number of nitrogens with zero attached hydrogens (tertiary/aromatic N) is 2. The Morgan fingerprint density at radius 1 is 0.333 bits per heavy atom. The number of allylic oxidation sites excluding steroid dienone is 4. The summed E-state index contributed by atoms with van der Waals surface area (Å²) in [5.74, 6) is 0. The van der Waals surface area contributed by atoms with Crippen molar-refractivity contribution in [2.24, 2.45) is 0 Å². The lowest BCUT2D eigenvalue weighted by molar-refractivity contribution is 0.602. The first kappa shape index (κ1) is 43.1. The molecule has 5 aliphatic rings. The summed E-state index contributed by atoms with van der Waals surface area (Å²) in [4.78, 5) is 5.04. The Morgan fingerprint density at radius 3 is 1.18 bits per heavy atom. The molecule has 0 N–H and O–H groups in total. The molecule has 9 aromatic rings. The quantitative estimate of drug-likeness (QED) is 0.164. The maximum absolute atomic E-state index is 2.56. The molecule has 0 spiro atoms. The van der Waals surface area contributed by atoms with Crippen LogP contribution in [0.1, 0.15) is 113 Å². The third-order valence-electron chi connectivity index (χ3n) is 17.8. The van der Waals surface area contributed by atoms with Gasteiger partial charge in [0.2, 0.25) is 0 Å². The molecule has 0 saturated heterocycles. The fourth-order valence-electron chi connectivity index (χ4n) is 14.3. The van der Waals surface area contributed by atoms with E-state index in [0.717, 1.165) is 18.5 Å². The molecule has 0 heterocycles. The zero-order valence-corrected chi connectivity index (χ0v) is 42.8. The number of hydrogen-bond donors (Lipinski definition) is 0. The van der Waals surface area contributed by atoms with Crippen molar-refractivity contribution >= 4 is 39.2 Å². The van der Waals surface area contributed by atoms with E-state index in [4.69, 9.17) is 0 Å². The van der Waals surface area contributed by atoms with Gasteiger partial charge in [-0.15, -0.1) is 0 Å². The van der Waals surface area contributed by atoms with Gasteiger partial charge in [0.15, 0.2) is 0 Å². The molecule has 14 rings (SSSR count). The Labute approximate surface area is 425 Å². The van der Waals surface area contributed by atoms with Crippen LogP contribution in [0.4, 0.5) is 28.4 Å². The van der Waals surface area contributed by atoms with Crippen molar-refractivity contribution < 1.29 is 0 Å². The molecular weight excluding hydrogens is 869 g/mol. The lowest BCUT2D eigenvalue weighted by Crippen LogP contribution is -2.25. The van der Waals surface area contributed by atoms with E-state index in [1.807, 2.05) is 0 Å². The van der Waals surface area contributed by atoms with Gasteiger partial charge in [-0.1, -0.05) is 183 Å². The van der Waals surface area contributed by atoms with Crippen LogP contribution in [-0.4, -0.2) is 0 Å². The van der Waals surface area contributed by atoms with Gasteiger partial charge in [0.25, 0.3) is 0 Å². The van der Waals surface area contributed by atoms with Gasteiger partial charge in [-0.05, 0) is 179 Å². The van der Waals surface area contributed by atoms with Gasteiger partial charge in [0.05, 0.1) is 0 Å². The minimum atomic E-state index is -0.291. The Balaban J connectivity index is 0.913. The summed E-state index contributed by atoms with van der Waals surface area (Å²) < 4.78 is 0. The summed E-state index contributed by atoms with van der Waals surface area (Å²) in [6.45, 7) is 19.5. The van der Waals surface area contributed by atoms with Gasteiger partial charge in [0.1, 0.15) is 0 Å². The molecule has 0 aliphatic heterocycles. The van der Waals surface area contributed by atoms with Crippen LogP contribution in [0.2, 0.25) is 0 Å². The highest BCUT2D eigenvalue weighted by Crippen LogP contribution is 2.63. The number of fused-ring (bicyclic) bond motifs is 16. The first-order chi connectivity index (χ1) is 34.8. The van der Waals surface area contributed by atoms with Gasteiger partial charge in [-0.25, -0.2) is 0 Å². The van der Waals surface area contributed by atoms with Crippen LogP contribution in [0.25, 0.3) is 55.3 Å². The van der Waals surface area contributed by atoms with Crippen molar-refractivity contribution in [1.29, 1.82) is 0 Å². The van der Waals surface area contributed by atoms with Crippen molar-refractivity contribution in [3.63, 3.8) is 0 Å². The number of benzene rings is 9. The van der Waals surface area contributed by atoms with E-state index in [1.165, 1.54) is 128 Å². The number of anilines is 5. The van der Waals surface area contributed by atoms with Gasteiger partial charge < -0.3 is 9.80 Å². The van der Waals surface area contributed by atoms with Crippen LogP contribution < -0.4 is 9.80 Å². The summed E-state index contributed by atoms with van der Waals surface area (Å²) >= 11 is 0. The maximum Gasteiger partial charge on any atom is 0.0465 e. The molecule has 0 bridgehead atoms. The molecule has 0 fully saturated rings. The molecule has 350 valence electrons. The highest BCUT2D eigenvalue weighted by molar-refractivity contribution is 6.13. The standard InChI is InChI=1S/C70H60N2/c1-67(2)57-29-19-17-25-49(57)51-35-31-45(39-59(51)67)71(43-21-11-9-12-22-43)47-33-37-55-61(41-47)69(5,6)65-63(55)53-27-15-16-28-54(53)64-56-38-34-48(42-62(56)70(7,8)66(64)65)72(44-23-13-10-14-24-44)46-32-36-52-50-26-18-20-30-58(50)68(3,4)60(52)40-46/h9-13,15-23,25-42H,14,24H2,1-8H3. The monoisotopic (exact) mass is 928 g/mol. The Hall–Kier alpha value is -7.68. The fourth-order valence-corrected chi connectivity index (χ4v) is 14.3. The summed E-state index contributed by atoms with van der Waals surface area (Å²) in [7, 11) is 0. The van der Waals surface area contributed by atoms with Crippen LogP contribution >= 0.6 is 0 Å². The van der Waals surface area contributed by atoms with Crippen LogP contribution in [0.5, 0.6) is 0 Å².